The lowest BCUT2D eigenvalue weighted by Gasteiger charge is -2.13. The van der Waals surface area contributed by atoms with E-state index in [-0.39, 0.29) is 16.9 Å². The van der Waals surface area contributed by atoms with Crippen LogP contribution in [-0.2, 0) is 4.74 Å². The number of carbonyl (C=O) groups is 2. The summed E-state index contributed by atoms with van der Waals surface area (Å²) in [6.07, 6.45) is 0. The Morgan fingerprint density at radius 2 is 1.71 bits per heavy atom. The van der Waals surface area contributed by atoms with Gasteiger partial charge >= 0.3 is 0 Å². The molecule has 7 nitrogen and oxygen atoms in total. The first-order valence-electron chi connectivity index (χ1n) is 8.76. The lowest BCUT2D eigenvalue weighted by Crippen LogP contribution is -2.35. The maximum atomic E-state index is 12.4. The lowest BCUT2D eigenvalue weighted by molar-refractivity contribution is 0.0954. The minimum atomic E-state index is -0.364. The average molecular weight is 401 g/mol. The molecule has 0 aliphatic carbocycles. The fourth-order valence-electron chi connectivity index (χ4n) is 2.32. The van der Waals surface area contributed by atoms with E-state index in [0.717, 1.165) is 0 Å². The molecule has 2 amide bonds. The highest BCUT2D eigenvalue weighted by molar-refractivity contribution is 7.80. The summed E-state index contributed by atoms with van der Waals surface area (Å²) in [4.78, 5) is 24.5. The third kappa shape index (κ3) is 6.33. The van der Waals surface area contributed by atoms with Gasteiger partial charge in [-0.25, -0.2) is 0 Å². The molecule has 0 heterocycles. The van der Waals surface area contributed by atoms with Crippen molar-refractivity contribution in [1.82, 2.24) is 10.6 Å². The van der Waals surface area contributed by atoms with Crippen LogP contribution in [0.3, 0.4) is 0 Å². The second-order valence-electron chi connectivity index (χ2n) is 5.68. The molecule has 0 saturated carbocycles. The number of ether oxygens (including phenoxy) is 2. The number of carbonyl (C=O) groups excluding carboxylic acids is 2. The molecule has 3 N–H and O–H groups in total. The molecule has 0 aliphatic rings. The number of hydrogen-bond acceptors (Lipinski definition) is 5. The molecule has 0 bridgehead atoms. The van der Waals surface area contributed by atoms with Gasteiger partial charge in [0, 0.05) is 19.2 Å². The van der Waals surface area contributed by atoms with Crippen molar-refractivity contribution in [3.8, 4) is 5.75 Å². The second-order valence-corrected chi connectivity index (χ2v) is 6.09. The Labute approximate surface area is 169 Å². The molecule has 8 heteroatoms. The van der Waals surface area contributed by atoms with Crippen molar-refractivity contribution < 1.29 is 19.1 Å². The van der Waals surface area contributed by atoms with E-state index in [2.05, 4.69) is 16.0 Å². The Hall–Kier alpha value is -2.97. The molecule has 0 unspecified atom stereocenters. The van der Waals surface area contributed by atoms with Crippen LogP contribution in [0.25, 0.3) is 0 Å². The van der Waals surface area contributed by atoms with Gasteiger partial charge in [-0.1, -0.05) is 12.1 Å². The fraction of sp³-hybridized carbons (Fsp3) is 0.250. The summed E-state index contributed by atoms with van der Waals surface area (Å²) in [6, 6.07) is 13.6. The highest BCUT2D eigenvalue weighted by Gasteiger charge is 2.13. The van der Waals surface area contributed by atoms with Gasteiger partial charge in [0.25, 0.3) is 11.8 Å². The van der Waals surface area contributed by atoms with Gasteiger partial charge in [0.05, 0.1) is 17.9 Å². The highest BCUT2D eigenvalue weighted by Crippen LogP contribution is 2.15. The number of hydrogen-bond donors (Lipinski definition) is 3. The molecule has 0 aromatic heterocycles. The molecule has 0 aliphatic heterocycles. The summed E-state index contributed by atoms with van der Waals surface area (Å²) >= 11 is 5.21. The van der Waals surface area contributed by atoms with Gasteiger partial charge in [-0.05, 0) is 55.5 Å². The van der Waals surface area contributed by atoms with Crippen molar-refractivity contribution in [1.29, 1.82) is 0 Å². The lowest BCUT2D eigenvalue weighted by atomic mass is 10.1. The number of benzene rings is 2. The maximum Gasteiger partial charge on any atom is 0.257 e. The Morgan fingerprint density at radius 3 is 2.39 bits per heavy atom. The number of methoxy groups -OCH3 is 1. The number of amides is 2. The first-order valence-corrected chi connectivity index (χ1v) is 9.17. The molecule has 2 rings (SSSR count). The fourth-order valence-corrected chi connectivity index (χ4v) is 2.52. The number of thiocarbonyl (C=S) groups is 1. The Balaban J connectivity index is 1.96. The molecule has 148 valence electrons. The van der Waals surface area contributed by atoms with Crippen LogP contribution in [0.5, 0.6) is 5.75 Å². The Morgan fingerprint density at radius 1 is 1.00 bits per heavy atom. The van der Waals surface area contributed by atoms with Gasteiger partial charge in [0.15, 0.2) is 5.11 Å². The minimum absolute atomic E-state index is 0.0992. The van der Waals surface area contributed by atoms with Crippen LogP contribution in [0.1, 0.15) is 27.6 Å². The first-order chi connectivity index (χ1) is 13.5. The van der Waals surface area contributed by atoms with Gasteiger partial charge < -0.3 is 20.1 Å². The van der Waals surface area contributed by atoms with Crippen LogP contribution in [-0.4, -0.2) is 43.8 Å². The summed E-state index contributed by atoms with van der Waals surface area (Å²) < 4.78 is 10.4. The average Bonchev–Trinajstić information content (AvgIpc) is 2.69. The van der Waals surface area contributed by atoms with Crippen LogP contribution in [0.2, 0.25) is 0 Å². The quantitative estimate of drug-likeness (QED) is 0.465. The number of anilines is 1. The van der Waals surface area contributed by atoms with Gasteiger partial charge in [0.1, 0.15) is 12.4 Å². The van der Waals surface area contributed by atoms with E-state index in [1.807, 2.05) is 6.92 Å². The van der Waals surface area contributed by atoms with E-state index >= 15 is 0 Å². The van der Waals surface area contributed by atoms with Crippen molar-refractivity contribution >= 4 is 34.8 Å². The zero-order chi connectivity index (χ0) is 20.4. The molecule has 28 heavy (non-hydrogen) atoms. The third-order valence-corrected chi connectivity index (χ3v) is 3.86. The van der Waals surface area contributed by atoms with Gasteiger partial charge in [0.2, 0.25) is 0 Å². The number of para-hydroxylation sites is 1. The van der Waals surface area contributed by atoms with Crippen molar-refractivity contribution in [2.75, 3.05) is 32.2 Å². The van der Waals surface area contributed by atoms with E-state index in [0.29, 0.717) is 42.3 Å². The molecular formula is C20H23N3O4S. The molecule has 0 radical (unpaired) electrons. The van der Waals surface area contributed by atoms with Crippen molar-refractivity contribution in [3.63, 3.8) is 0 Å². The summed E-state index contributed by atoms with van der Waals surface area (Å²) in [5.74, 6) is 0.0605. The molecule has 0 atom stereocenters. The van der Waals surface area contributed by atoms with Gasteiger partial charge in [-0.2, -0.15) is 0 Å². The summed E-state index contributed by atoms with van der Waals surface area (Å²) in [7, 11) is 1.60. The SMILES string of the molecule is CCNC(=O)c1ccccc1NC(=S)NC(=O)c1ccc(OCCOC)cc1. The monoisotopic (exact) mass is 401 g/mol. The molecule has 0 fully saturated rings. The maximum absolute atomic E-state index is 12.4. The summed E-state index contributed by atoms with van der Waals surface area (Å²) in [5, 5.41) is 8.34. The van der Waals surface area contributed by atoms with E-state index in [1.165, 1.54) is 0 Å². The molecule has 2 aromatic rings. The molecule has 0 saturated heterocycles. The van der Waals surface area contributed by atoms with Crippen molar-refractivity contribution in [2.45, 2.75) is 6.92 Å². The van der Waals surface area contributed by atoms with Crippen LogP contribution < -0.4 is 20.7 Å². The molecule has 0 spiro atoms. The van der Waals surface area contributed by atoms with Crippen molar-refractivity contribution in [3.05, 3.63) is 59.7 Å². The first kappa shape index (κ1) is 21.3. The predicted molar refractivity (Wildman–Crippen MR) is 112 cm³/mol. The van der Waals surface area contributed by atoms with Gasteiger partial charge in [-0.15, -0.1) is 0 Å². The van der Waals surface area contributed by atoms with Crippen molar-refractivity contribution in [2.24, 2.45) is 0 Å². The Bertz CT molecular complexity index is 824. The number of rotatable bonds is 8. The van der Waals surface area contributed by atoms with E-state index in [1.54, 1.807) is 55.6 Å². The summed E-state index contributed by atoms with van der Waals surface area (Å²) in [6.45, 7) is 3.27. The van der Waals surface area contributed by atoms with Crippen LogP contribution in [0.15, 0.2) is 48.5 Å². The smallest absolute Gasteiger partial charge is 0.257 e. The third-order valence-electron chi connectivity index (χ3n) is 3.66. The zero-order valence-electron chi connectivity index (χ0n) is 15.8. The standard InChI is InChI=1S/C20H23N3O4S/c1-3-21-19(25)16-6-4-5-7-17(16)22-20(28)23-18(24)14-8-10-15(11-9-14)27-13-12-26-2/h4-11H,3,12-13H2,1-2H3,(H,21,25)(H2,22,23,24,28). The topological polar surface area (TPSA) is 88.7 Å². The zero-order valence-corrected chi connectivity index (χ0v) is 16.6. The van der Waals surface area contributed by atoms with Crippen LogP contribution in [0, 0.1) is 0 Å². The van der Waals surface area contributed by atoms with E-state index < -0.39 is 0 Å². The molecular weight excluding hydrogens is 378 g/mol. The Kier molecular flexibility index (Phi) is 8.38. The van der Waals surface area contributed by atoms with Crippen LogP contribution >= 0.6 is 12.2 Å². The van der Waals surface area contributed by atoms with Crippen LogP contribution in [0.4, 0.5) is 5.69 Å². The van der Waals surface area contributed by atoms with Gasteiger partial charge in [-0.3, -0.25) is 14.9 Å². The second kappa shape index (κ2) is 11.0. The van der Waals surface area contributed by atoms with E-state index in [4.69, 9.17) is 21.7 Å². The predicted octanol–water partition coefficient (Wildman–Crippen LogP) is 2.59. The largest absolute Gasteiger partial charge is 0.491 e. The minimum Gasteiger partial charge on any atom is -0.491 e. The number of nitrogens with one attached hydrogen (secondary N) is 3. The normalized spacial score (nSPS) is 10.1. The summed E-state index contributed by atoms with van der Waals surface area (Å²) in [5.41, 5.74) is 1.39. The van der Waals surface area contributed by atoms with E-state index in [9.17, 15) is 9.59 Å². The molecule has 2 aromatic carbocycles. The highest BCUT2D eigenvalue weighted by atomic mass is 32.1.